The molecule has 0 amide bonds. The highest BCUT2D eigenvalue weighted by atomic mass is 32.2. The zero-order valence-electron chi connectivity index (χ0n) is 12.8. The first-order valence-electron chi connectivity index (χ1n) is 7.30. The van der Waals surface area contributed by atoms with Crippen LogP contribution in [0.2, 0.25) is 0 Å². The maximum atomic E-state index is 12.6. The third-order valence-corrected chi connectivity index (χ3v) is 5.62. The monoisotopic (exact) mass is 327 g/mol. The Morgan fingerprint density at radius 3 is 2.73 bits per heavy atom. The molecule has 1 aliphatic heterocycles. The van der Waals surface area contributed by atoms with E-state index in [1.54, 1.807) is 13.8 Å². The number of nitrogens with one attached hydrogen (secondary N) is 2. The number of sulfonamides is 1. The van der Waals surface area contributed by atoms with Crippen LogP contribution in [0.25, 0.3) is 0 Å². The van der Waals surface area contributed by atoms with Gasteiger partial charge in [-0.2, -0.15) is 0 Å². The molecule has 1 aromatic carbocycles. The second-order valence-corrected chi connectivity index (χ2v) is 7.34. The molecule has 0 aliphatic carbocycles. The van der Waals surface area contributed by atoms with E-state index in [9.17, 15) is 18.5 Å². The summed E-state index contributed by atoms with van der Waals surface area (Å²) in [4.78, 5) is 10.4. The van der Waals surface area contributed by atoms with E-state index in [4.69, 9.17) is 0 Å². The molecule has 1 fully saturated rings. The summed E-state index contributed by atoms with van der Waals surface area (Å²) in [6.45, 7) is 4.80. The molecule has 7 nitrogen and oxygen atoms in total. The summed E-state index contributed by atoms with van der Waals surface area (Å²) in [6.07, 6.45) is 2.74. The van der Waals surface area contributed by atoms with Gasteiger partial charge in [0.1, 0.15) is 0 Å². The second kappa shape index (κ2) is 6.72. The topological polar surface area (TPSA) is 101 Å². The van der Waals surface area contributed by atoms with Crippen molar-refractivity contribution in [2.45, 2.75) is 44.0 Å². The summed E-state index contributed by atoms with van der Waals surface area (Å²) in [6, 6.07) is 2.34. The molecule has 8 heteroatoms. The Bertz CT molecular complexity index is 665. The highest BCUT2D eigenvalue weighted by molar-refractivity contribution is 7.89. The van der Waals surface area contributed by atoms with Crippen LogP contribution in [0.4, 0.5) is 5.69 Å². The standard InChI is InChI=1S/C14H21N3O4S/c1-10-7-13(17(18)19)8-14(11(10)2)22(20,21)16-12-5-3-4-6-15-9-12/h7-8,12,15-16H,3-6,9H2,1-2H3. The third kappa shape index (κ3) is 3.82. The summed E-state index contributed by atoms with van der Waals surface area (Å²) in [5.41, 5.74) is 0.927. The quantitative estimate of drug-likeness (QED) is 0.646. The van der Waals surface area contributed by atoms with Crippen LogP contribution in [0.5, 0.6) is 0 Å². The molecule has 1 atom stereocenters. The van der Waals surface area contributed by atoms with Gasteiger partial charge in [-0.05, 0) is 44.4 Å². The van der Waals surface area contributed by atoms with Gasteiger partial charge in [0, 0.05) is 24.7 Å². The Morgan fingerprint density at radius 1 is 1.32 bits per heavy atom. The third-order valence-electron chi connectivity index (χ3n) is 3.97. The van der Waals surface area contributed by atoms with Crippen molar-refractivity contribution in [3.63, 3.8) is 0 Å². The minimum Gasteiger partial charge on any atom is -0.315 e. The van der Waals surface area contributed by atoms with Gasteiger partial charge in [-0.1, -0.05) is 6.42 Å². The number of nitrogens with zero attached hydrogens (tertiary/aromatic N) is 1. The lowest BCUT2D eigenvalue weighted by Crippen LogP contribution is -2.41. The lowest BCUT2D eigenvalue weighted by Gasteiger charge is -2.18. The highest BCUT2D eigenvalue weighted by Crippen LogP contribution is 2.25. The van der Waals surface area contributed by atoms with Crippen LogP contribution in [0.1, 0.15) is 30.4 Å². The highest BCUT2D eigenvalue weighted by Gasteiger charge is 2.25. The predicted molar refractivity (Wildman–Crippen MR) is 83.4 cm³/mol. The van der Waals surface area contributed by atoms with Crippen LogP contribution < -0.4 is 10.0 Å². The zero-order valence-corrected chi connectivity index (χ0v) is 13.6. The molecule has 1 heterocycles. The molecule has 2 rings (SSSR count). The molecule has 1 aliphatic rings. The molecule has 1 saturated heterocycles. The van der Waals surface area contributed by atoms with E-state index < -0.39 is 14.9 Å². The van der Waals surface area contributed by atoms with Gasteiger partial charge in [-0.3, -0.25) is 10.1 Å². The normalized spacial score (nSPS) is 19.6. The van der Waals surface area contributed by atoms with E-state index in [1.807, 2.05) is 0 Å². The fourth-order valence-electron chi connectivity index (χ4n) is 2.60. The molecule has 122 valence electrons. The first-order valence-corrected chi connectivity index (χ1v) is 8.78. The molecule has 1 aromatic rings. The number of nitro groups is 1. The average Bonchev–Trinajstić information content (AvgIpc) is 2.69. The lowest BCUT2D eigenvalue weighted by molar-refractivity contribution is -0.385. The molecule has 1 unspecified atom stereocenters. The number of non-ortho nitro benzene ring substituents is 1. The minimum atomic E-state index is -3.78. The van der Waals surface area contributed by atoms with Gasteiger partial charge in [0.2, 0.25) is 10.0 Å². The van der Waals surface area contributed by atoms with Crippen molar-refractivity contribution in [1.82, 2.24) is 10.0 Å². The number of benzene rings is 1. The average molecular weight is 327 g/mol. The summed E-state index contributed by atoms with van der Waals surface area (Å²) in [7, 11) is -3.78. The Morgan fingerprint density at radius 2 is 2.05 bits per heavy atom. The number of aryl methyl sites for hydroxylation is 1. The van der Waals surface area contributed by atoms with Crippen molar-refractivity contribution in [3.05, 3.63) is 33.4 Å². The Kier molecular flexibility index (Phi) is 5.15. The van der Waals surface area contributed by atoms with Crippen molar-refractivity contribution in [3.8, 4) is 0 Å². The fourth-order valence-corrected chi connectivity index (χ4v) is 4.20. The summed E-state index contributed by atoms with van der Waals surface area (Å²) < 4.78 is 27.9. The Labute approximate surface area is 130 Å². The van der Waals surface area contributed by atoms with Crippen LogP contribution in [0.3, 0.4) is 0 Å². The molecule has 0 bridgehead atoms. The summed E-state index contributed by atoms with van der Waals surface area (Å²) >= 11 is 0. The first kappa shape index (κ1) is 16.9. The smallest absolute Gasteiger partial charge is 0.271 e. The first-order chi connectivity index (χ1) is 10.3. The van der Waals surface area contributed by atoms with Crippen LogP contribution in [0, 0.1) is 24.0 Å². The molecule has 0 spiro atoms. The van der Waals surface area contributed by atoms with E-state index in [0.717, 1.165) is 31.9 Å². The van der Waals surface area contributed by atoms with Gasteiger partial charge in [0.05, 0.1) is 9.82 Å². The largest absolute Gasteiger partial charge is 0.315 e. The van der Waals surface area contributed by atoms with Crippen molar-refractivity contribution >= 4 is 15.7 Å². The van der Waals surface area contributed by atoms with Gasteiger partial charge < -0.3 is 5.32 Å². The van der Waals surface area contributed by atoms with Gasteiger partial charge in [0.15, 0.2) is 0 Å². The number of rotatable bonds is 4. The predicted octanol–water partition coefficient (Wildman–Crippen LogP) is 1.63. The van der Waals surface area contributed by atoms with E-state index in [2.05, 4.69) is 10.0 Å². The van der Waals surface area contributed by atoms with E-state index in [1.165, 1.54) is 6.07 Å². The molecular formula is C14H21N3O4S. The summed E-state index contributed by atoms with van der Waals surface area (Å²) in [5.74, 6) is 0. The lowest BCUT2D eigenvalue weighted by atomic mass is 10.1. The number of hydrogen-bond acceptors (Lipinski definition) is 5. The Hall–Kier alpha value is -1.51. The van der Waals surface area contributed by atoms with Gasteiger partial charge in [-0.15, -0.1) is 0 Å². The van der Waals surface area contributed by atoms with Crippen LogP contribution >= 0.6 is 0 Å². The van der Waals surface area contributed by atoms with Crippen molar-refractivity contribution in [2.24, 2.45) is 0 Å². The number of hydrogen-bond donors (Lipinski definition) is 2. The van der Waals surface area contributed by atoms with Crippen LogP contribution in [-0.4, -0.2) is 32.5 Å². The molecule has 0 radical (unpaired) electrons. The number of nitro benzene ring substituents is 1. The molecule has 2 N–H and O–H groups in total. The van der Waals surface area contributed by atoms with Gasteiger partial charge in [0.25, 0.3) is 5.69 Å². The van der Waals surface area contributed by atoms with Crippen LogP contribution in [-0.2, 0) is 10.0 Å². The fraction of sp³-hybridized carbons (Fsp3) is 0.571. The van der Waals surface area contributed by atoms with Gasteiger partial charge >= 0.3 is 0 Å². The summed E-state index contributed by atoms with van der Waals surface area (Å²) in [5, 5.41) is 14.2. The maximum Gasteiger partial charge on any atom is 0.271 e. The second-order valence-electron chi connectivity index (χ2n) is 5.66. The molecule has 0 aromatic heterocycles. The zero-order chi connectivity index (χ0) is 16.3. The van der Waals surface area contributed by atoms with E-state index in [0.29, 0.717) is 17.7 Å². The minimum absolute atomic E-state index is 0.0107. The van der Waals surface area contributed by atoms with Gasteiger partial charge in [-0.25, -0.2) is 13.1 Å². The molecule has 22 heavy (non-hydrogen) atoms. The Balaban J connectivity index is 2.34. The maximum absolute atomic E-state index is 12.6. The SMILES string of the molecule is Cc1cc([N+](=O)[O-])cc(S(=O)(=O)NC2CCCCNC2)c1C. The van der Waals surface area contributed by atoms with Crippen molar-refractivity contribution in [1.29, 1.82) is 0 Å². The van der Waals surface area contributed by atoms with Crippen molar-refractivity contribution < 1.29 is 13.3 Å². The van der Waals surface area contributed by atoms with E-state index in [-0.39, 0.29) is 16.6 Å². The van der Waals surface area contributed by atoms with Crippen LogP contribution in [0.15, 0.2) is 17.0 Å². The van der Waals surface area contributed by atoms with Crippen molar-refractivity contribution in [2.75, 3.05) is 13.1 Å². The molecule has 0 saturated carbocycles. The van der Waals surface area contributed by atoms with E-state index >= 15 is 0 Å². The molecular weight excluding hydrogens is 306 g/mol.